The van der Waals surface area contributed by atoms with E-state index in [0.717, 1.165) is 0 Å². The second-order valence-electron chi connectivity index (χ2n) is 6.04. The van der Waals surface area contributed by atoms with Crippen LogP contribution in [0.2, 0.25) is 5.02 Å². The summed E-state index contributed by atoms with van der Waals surface area (Å²) in [5, 5.41) is 0.481. The van der Waals surface area contributed by atoms with E-state index in [2.05, 4.69) is 24.0 Å². The van der Waals surface area contributed by atoms with Gasteiger partial charge in [0.15, 0.2) is 0 Å². The molecule has 0 N–H and O–H groups in total. The predicted molar refractivity (Wildman–Crippen MR) is 98.3 cm³/mol. The van der Waals surface area contributed by atoms with Crippen molar-refractivity contribution in [1.29, 1.82) is 0 Å². The Morgan fingerprint density at radius 2 is 1.58 bits per heavy atom. The van der Waals surface area contributed by atoms with Gasteiger partial charge in [-0.3, -0.25) is 0 Å². The van der Waals surface area contributed by atoms with Gasteiger partial charge in [0.1, 0.15) is 0 Å². The maximum atomic E-state index is 12.9. The Bertz CT molecular complexity index is 844. The van der Waals surface area contributed by atoms with Crippen LogP contribution in [0.1, 0.15) is 11.1 Å². The summed E-state index contributed by atoms with van der Waals surface area (Å²) in [4.78, 5) is 2.55. The lowest BCUT2D eigenvalue weighted by molar-refractivity contribution is 0.384. The van der Waals surface area contributed by atoms with Gasteiger partial charge in [0, 0.05) is 36.9 Å². The Morgan fingerprint density at radius 1 is 0.917 bits per heavy atom. The van der Waals surface area contributed by atoms with E-state index in [0.29, 0.717) is 41.7 Å². The van der Waals surface area contributed by atoms with Crippen LogP contribution in [0, 0.1) is 13.8 Å². The van der Waals surface area contributed by atoms with Crippen molar-refractivity contribution in [3.8, 4) is 0 Å². The van der Waals surface area contributed by atoms with Crippen LogP contribution >= 0.6 is 11.6 Å². The number of rotatable bonds is 3. The fourth-order valence-electron chi connectivity index (χ4n) is 3.09. The second kappa shape index (κ2) is 6.75. The standard InChI is InChI=1S/C18H21ClN2O2S/c1-14-6-3-4-8-17(14)20-10-12-21(13-11-20)24(22,23)18-9-5-7-16(19)15(18)2/h3-9H,10-13H2,1-2H3. The largest absolute Gasteiger partial charge is 0.369 e. The maximum Gasteiger partial charge on any atom is 0.243 e. The highest BCUT2D eigenvalue weighted by molar-refractivity contribution is 7.89. The lowest BCUT2D eigenvalue weighted by atomic mass is 10.1. The molecule has 2 aromatic carbocycles. The number of halogens is 1. The Morgan fingerprint density at radius 3 is 2.25 bits per heavy atom. The molecule has 1 aliphatic heterocycles. The predicted octanol–water partition coefficient (Wildman–Crippen LogP) is 3.47. The second-order valence-corrected chi connectivity index (χ2v) is 8.35. The molecule has 128 valence electrons. The molecule has 3 rings (SSSR count). The van der Waals surface area contributed by atoms with Crippen molar-refractivity contribution in [2.45, 2.75) is 18.7 Å². The molecule has 1 fully saturated rings. The number of nitrogens with zero attached hydrogens (tertiary/aromatic N) is 2. The first-order chi connectivity index (χ1) is 11.4. The number of hydrogen-bond acceptors (Lipinski definition) is 3. The van der Waals surface area contributed by atoms with Gasteiger partial charge in [-0.1, -0.05) is 35.9 Å². The van der Waals surface area contributed by atoms with Gasteiger partial charge in [0.2, 0.25) is 10.0 Å². The summed E-state index contributed by atoms with van der Waals surface area (Å²) in [5.74, 6) is 0. The normalized spacial score (nSPS) is 16.4. The summed E-state index contributed by atoms with van der Waals surface area (Å²) in [7, 11) is -3.51. The van der Waals surface area contributed by atoms with Crippen molar-refractivity contribution in [2.24, 2.45) is 0 Å². The van der Waals surface area contributed by atoms with Crippen molar-refractivity contribution in [3.63, 3.8) is 0 Å². The molecule has 0 aliphatic carbocycles. The molecule has 2 aromatic rings. The molecule has 1 heterocycles. The highest BCUT2D eigenvalue weighted by Gasteiger charge is 2.30. The summed E-state index contributed by atoms with van der Waals surface area (Å²) in [6.45, 7) is 6.14. The van der Waals surface area contributed by atoms with Crippen LogP contribution in [0.25, 0.3) is 0 Å². The Labute approximate surface area is 148 Å². The van der Waals surface area contributed by atoms with Crippen LogP contribution in [0.4, 0.5) is 5.69 Å². The number of hydrogen-bond donors (Lipinski definition) is 0. The van der Waals surface area contributed by atoms with Gasteiger partial charge in [-0.05, 0) is 43.2 Å². The Balaban J connectivity index is 1.79. The zero-order valence-electron chi connectivity index (χ0n) is 13.9. The van der Waals surface area contributed by atoms with Crippen molar-refractivity contribution < 1.29 is 8.42 Å². The number of para-hydroxylation sites is 1. The zero-order chi connectivity index (χ0) is 17.3. The number of benzene rings is 2. The highest BCUT2D eigenvalue weighted by atomic mass is 35.5. The van der Waals surface area contributed by atoms with Crippen LogP contribution in [-0.4, -0.2) is 38.9 Å². The number of sulfonamides is 1. The minimum absolute atomic E-state index is 0.305. The van der Waals surface area contributed by atoms with Gasteiger partial charge in [-0.25, -0.2) is 8.42 Å². The third kappa shape index (κ3) is 3.16. The molecule has 4 nitrogen and oxygen atoms in total. The summed E-state index contributed by atoms with van der Waals surface area (Å²) in [5.41, 5.74) is 2.99. The molecule has 0 atom stereocenters. The van der Waals surface area contributed by atoms with E-state index < -0.39 is 10.0 Å². The van der Waals surface area contributed by atoms with Crippen molar-refractivity contribution >= 4 is 27.3 Å². The van der Waals surface area contributed by atoms with E-state index in [1.54, 1.807) is 29.4 Å². The molecule has 0 aromatic heterocycles. The van der Waals surface area contributed by atoms with Gasteiger partial charge in [0.25, 0.3) is 0 Å². The molecular weight excluding hydrogens is 344 g/mol. The van der Waals surface area contributed by atoms with E-state index in [-0.39, 0.29) is 0 Å². The van der Waals surface area contributed by atoms with Crippen molar-refractivity contribution in [3.05, 3.63) is 58.6 Å². The molecule has 0 radical (unpaired) electrons. The molecular formula is C18H21ClN2O2S. The lowest BCUT2D eigenvalue weighted by Gasteiger charge is -2.36. The third-order valence-corrected chi connectivity index (χ3v) is 6.98. The van der Waals surface area contributed by atoms with E-state index >= 15 is 0 Å². The van der Waals surface area contributed by atoms with E-state index in [1.807, 2.05) is 12.1 Å². The quantitative estimate of drug-likeness (QED) is 0.837. The molecule has 24 heavy (non-hydrogen) atoms. The van der Waals surface area contributed by atoms with E-state index in [1.165, 1.54) is 11.3 Å². The average Bonchev–Trinajstić information content (AvgIpc) is 2.58. The molecule has 1 aliphatic rings. The van der Waals surface area contributed by atoms with Crippen LogP contribution in [-0.2, 0) is 10.0 Å². The fourth-order valence-corrected chi connectivity index (χ4v) is 4.99. The molecule has 0 unspecified atom stereocenters. The summed E-state index contributed by atoms with van der Waals surface area (Å²) in [6, 6.07) is 13.2. The smallest absolute Gasteiger partial charge is 0.243 e. The van der Waals surface area contributed by atoms with Gasteiger partial charge in [-0.2, -0.15) is 4.31 Å². The van der Waals surface area contributed by atoms with Gasteiger partial charge in [-0.15, -0.1) is 0 Å². The molecule has 0 spiro atoms. The fraction of sp³-hybridized carbons (Fsp3) is 0.333. The zero-order valence-corrected chi connectivity index (χ0v) is 15.4. The third-order valence-electron chi connectivity index (χ3n) is 4.53. The molecule has 1 saturated heterocycles. The summed E-state index contributed by atoms with van der Waals surface area (Å²) in [6.07, 6.45) is 0. The lowest BCUT2D eigenvalue weighted by Crippen LogP contribution is -2.49. The van der Waals surface area contributed by atoms with Gasteiger partial charge in [0.05, 0.1) is 4.90 Å². The Hall–Kier alpha value is -1.56. The molecule has 6 heteroatoms. The van der Waals surface area contributed by atoms with E-state index in [9.17, 15) is 8.42 Å². The Kier molecular flexibility index (Phi) is 4.85. The van der Waals surface area contributed by atoms with Crippen LogP contribution < -0.4 is 4.90 Å². The van der Waals surface area contributed by atoms with E-state index in [4.69, 9.17) is 11.6 Å². The monoisotopic (exact) mass is 364 g/mol. The first kappa shape index (κ1) is 17.3. The molecule has 0 saturated carbocycles. The van der Waals surface area contributed by atoms with Crippen LogP contribution in [0.5, 0.6) is 0 Å². The molecule has 0 amide bonds. The topological polar surface area (TPSA) is 40.6 Å². The SMILES string of the molecule is Cc1ccccc1N1CCN(S(=O)(=O)c2cccc(Cl)c2C)CC1. The number of aryl methyl sites for hydroxylation is 1. The average molecular weight is 365 g/mol. The van der Waals surface area contributed by atoms with Crippen LogP contribution in [0.15, 0.2) is 47.4 Å². The number of anilines is 1. The first-order valence-electron chi connectivity index (χ1n) is 7.97. The molecule has 0 bridgehead atoms. The van der Waals surface area contributed by atoms with Gasteiger partial charge >= 0.3 is 0 Å². The maximum absolute atomic E-state index is 12.9. The van der Waals surface area contributed by atoms with Crippen LogP contribution in [0.3, 0.4) is 0 Å². The summed E-state index contributed by atoms with van der Waals surface area (Å²) >= 11 is 6.09. The number of piperazine rings is 1. The van der Waals surface area contributed by atoms with Gasteiger partial charge < -0.3 is 4.90 Å². The first-order valence-corrected chi connectivity index (χ1v) is 9.79. The summed E-state index contributed by atoms with van der Waals surface area (Å²) < 4.78 is 27.4. The minimum Gasteiger partial charge on any atom is -0.369 e. The minimum atomic E-state index is -3.51. The van der Waals surface area contributed by atoms with Crippen molar-refractivity contribution in [2.75, 3.05) is 31.1 Å². The van der Waals surface area contributed by atoms with Crippen molar-refractivity contribution in [1.82, 2.24) is 4.31 Å². The highest BCUT2D eigenvalue weighted by Crippen LogP contribution is 2.27.